The van der Waals surface area contributed by atoms with Crippen molar-refractivity contribution in [2.24, 2.45) is 5.73 Å². The number of ether oxygens (including phenoxy) is 1. The second-order valence-electron chi connectivity index (χ2n) is 7.26. The molecular formula is C19H36ClN3O7S. The number of nitrogens with zero attached hydrogens (tertiary/aromatic N) is 1. The molecule has 182 valence electrons. The third kappa shape index (κ3) is 25.8. The number of hydrogen-bond donors (Lipinski definition) is 3. The number of nitrogens with two attached hydrogens (primary N) is 1. The quantitative estimate of drug-likeness (QED) is 0.140. The molecule has 2 amide bonds. The monoisotopic (exact) mass is 485 g/mol. The van der Waals surface area contributed by atoms with Crippen LogP contribution in [0.25, 0.3) is 0 Å². The lowest BCUT2D eigenvalue weighted by molar-refractivity contribution is -0.870. The van der Waals surface area contributed by atoms with Crippen LogP contribution in [0, 0.1) is 0 Å². The third-order valence-electron chi connectivity index (χ3n) is 3.27. The van der Waals surface area contributed by atoms with Crippen LogP contribution in [0.1, 0.15) is 20.8 Å². The van der Waals surface area contributed by atoms with Crippen LogP contribution in [0.15, 0.2) is 37.5 Å². The molecular weight excluding hydrogens is 450 g/mol. The Balaban J connectivity index is -0.000000189. The summed E-state index contributed by atoms with van der Waals surface area (Å²) in [5.74, 6) is -1.25. The Hall–Kier alpha value is -2.21. The Morgan fingerprint density at radius 3 is 1.84 bits per heavy atom. The van der Waals surface area contributed by atoms with Crippen molar-refractivity contribution in [1.82, 2.24) is 5.32 Å². The van der Waals surface area contributed by atoms with Crippen LogP contribution >= 0.6 is 0 Å². The first-order chi connectivity index (χ1) is 13.4. The topological polar surface area (TPSA) is 153 Å². The van der Waals surface area contributed by atoms with Crippen LogP contribution in [0.2, 0.25) is 0 Å². The van der Waals surface area contributed by atoms with Gasteiger partial charge < -0.3 is 32.7 Å². The van der Waals surface area contributed by atoms with E-state index in [1.54, 1.807) is 6.92 Å². The number of esters is 1. The summed E-state index contributed by atoms with van der Waals surface area (Å²) in [4.78, 5) is 31.1. The molecule has 0 saturated heterocycles. The van der Waals surface area contributed by atoms with Crippen LogP contribution in [-0.2, 0) is 29.2 Å². The molecule has 0 radical (unpaired) electrons. The smallest absolute Gasteiger partial charge is 0.333 e. The highest BCUT2D eigenvalue weighted by molar-refractivity contribution is 7.86. The molecule has 0 aliphatic rings. The zero-order chi connectivity index (χ0) is 24.7. The van der Waals surface area contributed by atoms with E-state index in [9.17, 15) is 22.8 Å². The van der Waals surface area contributed by atoms with E-state index in [2.05, 4.69) is 51.9 Å². The van der Waals surface area contributed by atoms with E-state index in [0.717, 1.165) is 23.2 Å². The lowest BCUT2D eigenvalue weighted by Crippen LogP contribution is -3.00. The fourth-order valence-corrected chi connectivity index (χ4v) is 1.78. The highest BCUT2D eigenvalue weighted by atomic mass is 35.5. The van der Waals surface area contributed by atoms with Crippen molar-refractivity contribution in [1.29, 1.82) is 0 Å². The molecule has 0 bridgehead atoms. The zero-order valence-corrected chi connectivity index (χ0v) is 20.6. The number of carbonyl (C=O) groups is 3. The van der Waals surface area contributed by atoms with E-state index >= 15 is 0 Å². The number of rotatable bonds is 9. The number of amides is 2. The molecule has 0 aromatic rings. The summed E-state index contributed by atoms with van der Waals surface area (Å²) < 4.78 is 35.6. The van der Waals surface area contributed by atoms with Gasteiger partial charge in [0.05, 0.1) is 21.1 Å². The molecule has 2 atom stereocenters. The van der Waals surface area contributed by atoms with E-state index in [1.807, 2.05) is 0 Å². The van der Waals surface area contributed by atoms with Gasteiger partial charge in [0.2, 0.25) is 11.8 Å². The van der Waals surface area contributed by atoms with E-state index < -0.39 is 33.2 Å². The molecule has 31 heavy (non-hydrogen) atoms. The van der Waals surface area contributed by atoms with Crippen molar-refractivity contribution in [3.8, 4) is 0 Å². The minimum absolute atomic E-state index is 0. The lowest BCUT2D eigenvalue weighted by atomic mass is 10.2. The maximum atomic E-state index is 10.9. The average Bonchev–Trinajstić information content (AvgIpc) is 2.59. The van der Waals surface area contributed by atoms with E-state index in [4.69, 9.17) is 9.29 Å². The summed E-state index contributed by atoms with van der Waals surface area (Å²) in [5, 5.41) is 1.31. The molecule has 0 saturated carbocycles. The maximum absolute atomic E-state index is 10.9. The number of quaternary nitrogens is 1. The molecule has 0 aliphatic carbocycles. The van der Waals surface area contributed by atoms with Crippen molar-refractivity contribution in [2.45, 2.75) is 32.1 Å². The number of halogens is 1. The van der Waals surface area contributed by atoms with Gasteiger partial charge >= 0.3 is 5.97 Å². The molecule has 0 fully saturated rings. The summed E-state index contributed by atoms with van der Waals surface area (Å²) in [7, 11) is 2.05. The molecule has 10 nitrogen and oxygen atoms in total. The fourth-order valence-electron chi connectivity index (χ4n) is 1.19. The van der Waals surface area contributed by atoms with Gasteiger partial charge in [0.25, 0.3) is 10.1 Å². The largest absolute Gasteiger partial charge is 1.00 e. The standard InChI is InChI=1S/C9H18NO2.C7H13NO4S.C3H5NO.ClH/c1-8(2)9(11)12-7-6-10(3,4)5;1-4-7(9)8-5(2)6(3)13(10,11)12;1-2-3(4)5;/h1,6-7H2,2-5H3;4-6H,1H2,2-3H3,(H,8,9)(H,10,11,12);2H,1H2,(H2,4,5);1H/q+1;;;/p-1. The summed E-state index contributed by atoms with van der Waals surface area (Å²) in [6.45, 7) is 15.5. The van der Waals surface area contributed by atoms with Crippen LogP contribution in [0.5, 0.6) is 0 Å². The second kappa shape index (κ2) is 17.5. The number of nitrogens with one attached hydrogen (secondary N) is 1. The van der Waals surface area contributed by atoms with E-state index in [0.29, 0.717) is 12.2 Å². The molecule has 0 heterocycles. The third-order valence-corrected chi connectivity index (χ3v) is 4.62. The molecule has 0 aromatic heterocycles. The van der Waals surface area contributed by atoms with Crippen molar-refractivity contribution < 1.29 is 49.0 Å². The maximum Gasteiger partial charge on any atom is 0.333 e. The van der Waals surface area contributed by atoms with Gasteiger partial charge in [0.1, 0.15) is 18.4 Å². The van der Waals surface area contributed by atoms with Crippen LogP contribution in [0.3, 0.4) is 0 Å². The van der Waals surface area contributed by atoms with Gasteiger partial charge in [-0.15, -0.1) is 0 Å². The molecule has 2 unspecified atom stereocenters. The number of hydrogen-bond acceptors (Lipinski definition) is 6. The predicted octanol–water partition coefficient (Wildman–Crippen LogP) is -2.57. The van der Waals surface area contributed by atoms with Gasteiger partial charge in [-0.2, -0.15) is 8.42 Å². The van der Waals surface area contributed by atoms with Gasteiger partial charge in [-0.3, -0.25) is 14.1 Å². The van der Waals surface area contributed by atoms with Gasteiger partial charge in [0.15, 0.2) is 0 Å². The Kier molecular flexibility index (Phi) is 20.4. The minimum Gasteiger partial charge on any atom is -1.00 e. The van der Waals surface area contributed by atoms with E-state index in [1.165, 1.54) is 13.8 Å². The number of likely N-dealkylation sites (N-methyl/N-ethyl adjacent to an activating group) is 1. The van der Waals surface area contributed by atoms with Crippen molar-refractivity contribution in [2.75, 3.05) is 34.3 Å². The van der Waals surface area contributed by atoms with E-state index in [-0.39, 0.29) is 18.4 Å². The molecule has 12 heteroatoms. The summed E-state index contributed by atoms with van der Waals surface area (Å²) in [5.41, 5.74) is 4.99. The first-order valence-corrected chi connectivity index (χ1v) is 10.3. The highest BCUT2D eigenvalue weighted by Gasteiger charge is 2.24. The molecule has 0 rings (SSSR count). The van der Waals surface area contributed by atoms with Crippen LogP contribution in [0.4, 0.5) is 0 Å². The second-order valence-corrected chi connectivity index (χ2v) is 9.03. The Morgan fingerprint density at radius 1 is 1.16 bits per heavy atom. The normalized spacial score (nSPS) is 12.0. The highest BCUT2D eigenvalue weighted by Crippen LogP contribution is 2.03. The van der Waals surface area contributed by atoms with Crippen molar-refractivity contribution in [3.05, 3.63) is 37.5 Å². The molecule has 0 aromatic carbocycles. The van der Waals surface area contributed by atoms with Gasteiger partial charge in [-0.25, -0.2) is 4.79 Å². The minimum atomic E-state index is -4.10. The molecule has 0 aliphatic heterocycles. The van der Waals surface area contributed by atoms with Crippen LogP contribution < -0.4 is 23.5 Å². The lowest BCUT2D eigenvalue weighted by Gasteiger charge is -2.23. The Morgan fingerprint density at radius 2 is 1.58 bits per heavy atom. The zero-order valence-electron chi connectivity index (χ0n) is 19.1. The van der Waals surface area contributed by atoms with Gasteiger partial charge in [0, 0.05) is 11.6 Å². The average molecular weight is 486 g/mol. The number of carbonyl (C=O) groups excluding carboxylic acids is 3. The SMILES string of the molecule is C=C(C)C(=O)OCC[N+](C)(C)C.C=CC(=O)NC(C)C(C)S(=O)(=O)O.C=CC(N)=O.[Cl-]. The predicted molar refractivity (Wildman–Crippen MR) is 117 cm³/mol. The fraction of sp³-hybridized carbons (Fsp3) is 0.526. The summed E-state index contributed by atoms with van der Waals surface area (Å²) >= 11 is 0. The van der Waals surface area contributed by atoms with Gasteiger partial charge in [-0.05, 0) is 32.9 Å². The first-order valence-electron chi connectivity index (χ1n) is 8.83. The first kappa shape index (κ1) is 36.2. The number of primary amides is 1. The molecule has 4 N–H and O–H groups in total. The van der Waals surface area contributed by atoms with Crippen LogP contribution in [-0.4, -0.2) is 80.8 Å². The van der Waals surface area contributed by atoms with Gasteiger partial charge in [-0.1, -0.05) is 19.7 Å². The van der Waals surface area contributed by atoms with Crippen molar-refractivity contribution >= 4 is 27.9 Å². The van der Waals surface area contributed by atoms with Crippen molar-refractivity contribution in [3.63, 3.8) is 0 Å². The summed E-state index contributed by atoms with van der Waals surface area (Å²) in [6, 6.07) is -0.652. The summed E-state index contributed by atoms with van der Waals surface area (Å²) in [6.07, 6.45) is 2.09. The molecule has 0 spiro atoms. The Labute approximate surface area is 191 Å². The Bertz CT molecular complexity index is 717.